The summed E-state index contributed by atoms with van der Waals surface area (Å²) >= 11 is 0. The molecule has 9 heavy (non-hydrogen) atoms. The molecule has 0 saturated carbocycles. The van der Waals surface area contributed by atoms with E-state index in [1.165, 1.54) is 13.4 Å². The van der Waals surface area contributed by atoms with Crippen molar-refractivity contribution in [3.63, 3.8) is 0 Å². The van der Waals surface area contributed by atoms with Crippen LogP contribution in [0.4, 0.5) is 4.39 Å². The van der Waals surface area contributed by atoms with Crippen molar-refractivity contribution in [2.24, 2.45) is 7.05 Å². The fourth-order valence-electron chi connectivity index (χ4n) is 0.475. The van der Waals surface area contributed by atoms with Crippen LogP contribution < -0.4 is 5.56 Å². The maximum Gasteiger partial charge on any atom is 0.289 e. The van der Waals surface area contributed by atoms with Gasteiger partial charge in [0.05, 0.1) is 12.5 Å². The number of nitrogens with zero attached hydrogens (tertiary/aromatic N) is 2. The Bertz CT molecular complexity index is 245. The zero-order valence-electron chi connectivity index (χ0n) is 4.84. The van der Waals surface area contributed by atoms with Crippen LogP contribution in [0.15, 0.2) is 17.3 Å². The Morgan fingerprint density at radius 1 is 1.78 bits per heavy atom. The van der Waals surface area contributed by atoms with Crippen LogP contribution in [0.25, 0.3) is 0 Å². The van der Waals surface area contributed by atoms with Crippen LogP contribution in [0.3, 0.4) is 0 Å². The summed E-state index contributed by atoms with van der Waals surface area (Å²) in [5.74, 6) is -0.819. The summed E-state index contributed by atoms with van der Waals surface area (Å²) in [6, 6.07) is 0. The molecule has 0 radical (unpaired) electrons. The van der Waals surface area contributed by atoms with Crippen LogP contribution >= 0.6 is 0 Å². The van der Waals surface area contributed by atoms with Crippen LogP contribution in [0.2, 0.25) is 0 Å². The van der Waals surface area contributed by atoms with Gasteiger partial charge in [-0.1, -0.05) is 0 Å². The summed E-state index contributed by atoms with van der Waals surface area (Å²) in [7, 11) is 1.44. The molecule has 0 unspecified atom stereocenters. The monoisotopic (exact) mass is 128 g/mol. The van der Waals surface area contributed by atoms with Crippen LogP contribution in [-0.2, 0) is 7.05 Å². The molecular formula is C5H5FN2O. The molecule has 0 atom stereocenters. The van der Waals surface area contributed by atoms with Crippen molar-refractivity contribution >= 4 is 0 Å². The van der Waals surface area contributed by atoms with E-state index >= 15 is 0 Å². The molecule has 0 aliphatic carbocycles. The van der Waals surface area contributed by atoms with E-state index in [1.807, 2.05) is 0 Å². The largest absolute Gasteiger partial charge is 0.300 e. The summed E-state index contributed by atoms with van der Waals surface area (Å²) in [6.07, 6.45) is 2.15. The molecule has 1 rings (SSSR count). The highest BCUT2D eigenvalue weighted by atomic mass is 19.1. The molecule has 0 fully saturated rings. The Labute approximate surface area is 50.8 Å². The molecule has 4 heteroatoms. The first-order chi connectivity index (χ1) is 4.22. The van der Waals surface area contributed by atoms with Crippen molar-refractivity contribution in [3.8, 4) is 0 Å². The zero-order valence-corrected chi connectivity index (χ0v) is 4.84. The topological polar surface area (TPSA) is 34.9 Å². The Hall–Kier alpha value is -1.19. The lowest BCUT2D eigenvalue weighted by Crippen LogP contribution is -2.19. The third kappa shape index (κ3) is 0.960. The van der Waals surface area contributed by atoms with E-state index in [9.17, 15) is 9.18 Å². The first-order valence-electron chi connectivity index (χ1n) is 2.38. The van der Waals surface area contributed by atoms with Gasteiger partial charge in [0.2, 0.25) is 5.82 Å². The number of aryl methyl sites for hydroxylation is 1. The standard InChI is InChI=1S/C5H5FN2O/c1-8-3-7-2-4(6)5(8)9/h2-3H,1H3. The fourth-order valence-corrected chi connectivity index (χ4v) is 0.475. The first kappa shape index (κ1) is 5.94. The molecule has 0 amide bonds. The van der Waals surface area contributed by atoms with E-state index in [4.69, 9.17) is 0 Å². The lowest BCUT2D eigenvalue weighted by molar-refractivity contribution is 0.579. The van der Waals surface area contributed by atoms with Gasteiger partial charge in [0.1, 0.15) is 0 Å². The lowest BCUT2D eigenvalue weighted by Gasteiger charge is -1.91. The number of rotatable bonds is 0. The molecule has 1 aromatic rings. The molecule has 0 aliphatic rings. The molecule has 0 saturated heterocycles. The molecule has 0 aromatic carbocycles. The SMILES string of the molecule is Cn1cncc(F)c1=O. The van der Waals surface area contributed by atoms with Crippen molar-refractivity contribution in [3.05, 3.63) is 28.7 Å². The van der Waals surface area contributed by atoms with Crippen LogP contribution in [0.1, 0.15) is 0 Å². The van der Waals surface area contributed by atoms with E-state index in [0.29, 0.717) is 0 Å². The summed E-state index contributed by atoms with van der Waals surface area (Å²) in [5.41, 5.74) is -0.648. The highest BCUT2D eigenvalue weighted by Crippen LogP contribution is 1.79. The third-order valence-electron chi connectivity index (χ3n) is 0.952. The van der Waals surface area contributed by atoms with Gasteiger partial charge in [0.15, 0.2) is 0 Å². The number of hydrogen-bond donors (Lipinski definition) is 0. The van der Waals surface area contributed by atoms with E-state index in [-0.39, 0.29) is 0 Å². The minimum Gasteiger partial charge on any atom is -0.300 e. The average Bonchev–Trinajstić information content (AvgIpc) is 1.83. The van der Waals surface area contributed by atoms with Gasteiger partial charge in [-0.3, -0.25) is 9.36 Å². The summed E-state index contributed by atoms with van der Waals surface area (Å²) in [5, 5.41) is 0. The normalized spacial score (nSPS) is 9.56. The molecule has 3 nitrogen and oxygen atoms in total. The molecule has 0 spiro atoms. The second kappa shape index (κ2) is 1.97. The van der Waals surface area contributed by atoms with Crippen LogP contribution in [-0.4, -0.2) is 9.55 Å². The Balaban J connectivity index is 3.43. The van der Waals surface area contributed by atoms with Crippen molar-refractivity contribution in [2.45, 2.75) is 0 Å². The first-order valence-corrected chi connectivity index (χ1v) is 2.38. The van der Waals surface area contributed by atoms with Gasteiger partial charge in [-0.2, -0.15) is 4.39 Å². The molecule has 0 aliphatic heterocycles. The Morgan fingerprint density at radius 3 is 2.89 bits per heavy atom. The van der Waals surface area contributed by atoms with Gasteiger partial charge >= 0.3 is 0 Å². The van der Waals surface area contributed by atoms with E-state index in [0.717, 1.165) is 10.8 Å². The van der Waals surface area contributed by atoms with Crippen molar-refractivity contribution in [2.75, 3.05) is 0 Å². The summed E-state index contributed by atoms with van der Waals surface area (Å²) < 4.78 is 13.3. The summed E-state index contributed by atoms with van der Waals surface area (Å²) in [6.45, 7) is 0. The lowest BCUT2D eigenvalue weighted by atomic mass is 10.6. The molecular weight excluding hydrogens is 123 g/mol. The highest BCUT2D eigenvalue weighted by Gasteiger charge is 1.95. The zero-order chi connectivity index (χ0) is 6.85. The quantitative estimate of drug-likeness (QED) is 0.489. The van der Waals surface area contributed by atoms with Crippen molar-refractivity contribution in [1.29, 1.82) is 0 Å². The number of hydrogen-bond acceptors (Lipinski definition) is 2. The van der Waals surface area contributed by atoms with Crippen LogP contribution in [0.5, 0.6) is 0 Å². The predicted octanol–water partition coefficient (Wildman–Crippen LogP) is -0.0806. The van der Waals surface area contributed by atoms with Crippen LogP contribution in [0, 0.1) is 5.82 Å². The Morgan fingerprint density at radius 2 is 2.44 bits per heavy atom. The fraction of sp³-hybridized carbons (Fsp3) is 0.200. The second-order valence-corrected chi connectivity index (χ2v) is 1.66. The van der Waals surface area contributed by atoms with Crippen molar-refractivity contribution in [1.82, 2.24) is 9.55 Å². The smallest absolute Gasteiger partial charge is 0.289 e. The third-order valence-corrected chi connectivity index (χ3v) is 0.952. The van der Waals surface area contributed by atoms with E-state index < -0.39 is 11.4 Å². The summed E-state index contributed by atoms with van der Waals surface area (Å²) in [4.78, 5) is 13.9. The molecule has 1 aromatic heterocycles. The minimum atomic E-state index is -0.819. The van der Waals surface area contributed by atoms with Gasteiger partial charge in [0.25, 0.3) is 5.56 Å². The Kier molecular flexibility index (Phi) is 1.30. The molecule has 0 N–H and O–H groups in total. The van der Waals surface area contributed by atoms with Gasteiger partial charge in [-0.25, -0.2) is 4.98 Å². The second-order valence-electron chi connectivity index (χ2n) is 1.66. The number of aromatic nitrogens is 2. The minimum absolute atomic E-state index is 0.648. The maximum atomic E-state index is 12.2. The number of halogens is 1. The highest BCUT2D eigenvalue weighted by molar-refractivity contribution is 4.85. The van der Waals surface area contributed by atoms with Gasteiger partial charge in [0, 0.05) is 7.05 Å². The van der Waals surface area contributed by atoms with Gasteiger partial charge < -0.3 is 0 Å². The van der Waals surface area contributed by atoms with E-state index in [2.05, 4.69) is 4.98 Å². The molecule has 1 heterocycles. The van der Waals surface area contributed by atoms with Crippen molar-refractivity contribution < 1.29 is 4.39 Å². The molecule has 48 valence electrons. The average molecular weight is 128 g/mol. The maximum absolute atomic E-state index is 12.2. The van der Waals surface area contributed by atoms with Gasteiger partial charge in [-0.05, 0) is 0 Å². The van der Waals surface area contributed by atoms with E-state index in [1.54, 1.807) is 0 Å². The van der Waals surface area contributed by atoms with Gasteiger partial charge in [-0.15, -0.1) is 0 Å². The molecule has 0 bridgehead atoms. The predicted molar refractivity (Wildman–Crippen MR) is 29.4 cm³/mol.